The molecule has 2 aromatic carbocycles. The van der Waals surface area contributed by atoms with Crippen LogP contribution in [-0.4, -0.2) is 48.7 Å². The van der Waals surface area contributed by atoms with E-state index in [9.17, 15) is 4.79 Å². The zero-order valence-electron chi connectivity index (χ0n) is 19.9. The summed E-state index contributed by atoms with van der Waals surface area (Å²) in [6, 6.07) is 14.6. The molecule has 0 aliphatic carbocycles. The summed E-state index contributed by atoms with van der Waals surface area (Å²) in [6.07, 6.45) is 5.14. The highest BCUT2D eigenvalue weighted by atomic mass is 32.2. The fourth-order valence-corrected chi connectivity index (χ4v) is 5.29. The third kappa shape index (κ3) is 5.33. The van der Waals surface area contributed by atoms with Crippen molar-refractivity contribution in [3.05, 3.63) is 72.4 Å². The number of rotatable bonds is 6. The first kappa shape index (κ1) is 23.4. The summed E-state index contributed by atoms with van der Waals surface area (Å²) >= 11 is 1.62. The molecule has 0 saturated carbocycles. The molecular formula is C27H29N5O2S. The Morgan fingerprint density at radius 2 is 1.94 bits per heavy atom. The van der Waals surface area contributed by atoms with Crippen molar-refractivity contribution in [1.82, 2.24) is 9.97 Å². The highest BCUT2D eigenvalue weighted by Crippen LogP contribution is 2.35. The molecule has 0 radical (unpaired) electrons. The van der Waals surface area contributed by atoms with E-state index >= 15 is 0 Å². The number of benzene rings is 2. The second-order valence-electron chi connectivity index (χ2n) is 8.64. The number of amides is 1. The first-order chi connectivity index (χ1) is 17.1. The standard InChI is InChI=1S/C27H29N5O2S/c1-3-25(33)32-12-4-5-20-17-23(10-11-24(20)32)35-26-19(2)18-28-27(30-26)29-21-6-8-22(9-7-21)31-13-15-34-16-14-31/h3,6-11,17-18H,1,4-5,12-16H2,2H3,(H,28,29,30). The van der Waals surface area contributed by atoms with E-state index in [-0.39, 0.29) is 5.91 Å². The summed E-state index contributed by atoms with van der Waals surface area (Å²) in [5.41, 5.74) is 5.32. The van der Waals surface area contributed by atoms with Crippen LogP contribution in [0.3, 0.4) is 0 Å². The van der Waals surface area contributed by atoms with Gasteiger partial charge in [-0.1, -0.05) is 18.3 Å². The molecule has 35 heavy (non-hydrogen) atoms. The number of nitrogens with one attached hydrogen (secondary N) is 1. The molecule has 1 amide bonds. The molecule has 0 unspecified atom stereocenters. The van der Waals surface area contributed by atoms with E-state index in [1.54, 1.807) is 11.8 Å². The van der Waals surface area contributed by atoms with Gasteiger partial charge in [-0.25, -0.2) is 9.97 Å². The summed E-state index contributed by atoms with van der Waals surface area (Å²) in [7, 11) is 0. The predicted molar refractivity (Wildman–Crippen MR) is 141 cm³/mol. The highest BCUT2D eigenvalue weighted by molar-refractivity contribution is 7.99. The number of hydrogen-bond donors (Lipinski definition) is 1. The van der Waals surface area contributed by atoms with Crippen LogP contribution in [0.2, 0.25) is 0 Å². The Bertz CT molecular complexity index is 1220. The Morgan fingerprint density at radius 1 is 1.14 bits per heavy atom. The van der Waals surface area contributed by atoms with Crippen LogP contribution in [-0.2, 0) is 16.0 Å². The third-order valence-corrected chi connectivity index (χ3v) is 7.35. The van der Waals surface area contributed by atoms with Crippen LogP contribution >= 0.6 is 11.8 Å². The van der Waals surface area contributed by atoms with E-state index in [0.29, 0.717) is 5.95 Å². The maximum absolute atomic E-state index is 12.2. The fraction of sp³-hybridized carbons (Fsp3) is 0.296. The van der Waals surface area contributed by atoms with Crippen LogP contribution in [0, 0.1) is 6.92 Å². The van der Waals surface area contributed by atoms with Gasteiger partial charge in [-0.2, -0.15) is 0 Å². The lowest BCUT2D eigenvalue weighted by atomic mass is 10.0. The molecule has 0 spiro atoms. The van der Waals surface area contributed by atoms with E-state index in [2.05, 4.69) is 58.2 Å². The van der Waals surface area contributed by atoms with Crippen molar-refractivity contribution < 1.29 is 9.53 Å². The second kappa shape index (κ2) is 10.5. The fourth-order valence-electron chi connectivity index (χ4n) is 4.38. The number of anilines is 4. The summed E-state index contributed by atoms with van der Waals surface area (Å²) in [6.45, 7) is 9.76. The molecule has 7 nitrogen and oxygen atoms in total. The molecular weight excluding hydrogens is 458 g/mol. The Morgan fingerprint density at radius 3 is 2.71 bits per heavy atom. The van der Waals surface area contributed by atoms with Crippen molar-refractivity contribution in [3.63, 3.8) is 0 Å². The molecule has 2 aliphatic rings. The van der Waals surface area contributed by atoms with Crippen molar-refractivity contribution in [1.29, 1.82) is 0 Å². The highest BCUT2D eigenvalue weighted by Gasteiger charge is 2.21. The largest absolute Gasteiger partial charge is 0.378 e. The molecule has 180 valence electrons. The van der Waals surface area contributed by atoms with Crippen LogP contribution in [0.5, 0.6) is 0 Å². The number of carbonyl (C=O) groups is 1. The molecule has 3 heterocycles. The van der Waals surface area contributed by atoms with Gasteiger partial charge in [0.15, 0.2) is 0 Å². The van der Waals surface area contributed by atoms with Gasteiger partial charge in [-0.05, 0) is 73.9 Å². The summed E-state index contributed by atoms with van der Waals surface area (Å²) in [5.74, 6) is 0.518. The van der Waals surface area contributed by atoms with Gasteiger partial charge >= 0.3 is 0 Å². The van der Waals surface area contributed by atoms with Crippen LogP contribution in [0.1, 0.15) is 17.5 Å². The lowest BCUT2D eigenvalue weighted by molar-refractivity contribution is -0.114. The number of aryl methyl sites for hydroxylation is 2. The number of carbonyl (C=O) groups excluding carboxylic acids is 1. The molecule has 1 saturated heterocycles. The van der Waals surface area contributed by atoms with E-state index in [1.807, 2.05) is 24.1 Å². The van der Waals surface area contributed by atoms with Gasteiger partial charge in [0.25, 0.3) is 0 Å². The lowest BCUT2D eigenvalue weighted by Gasteiger charge is -2.29. The minimum Gasteiger partial charge on any atom is -0.378 e. The molecule has 3 aromatic rings. The maximum Gasteiger partial charge on any atom is 0.250 e. The lowest BCUT2D eigenvalue weighted by Crippen LogP contribution is -2.36. The summed E-state index contributed by atoms with van der Waals surface area (Å²) in [4.78, 5) is 26.7. The monoisotopic (exact) mass is 487 g/mol. The quantitative estimate of drug-likeness (QED) is 0.388. The van der Waals surface area contributed by atoms with Crippen LogP contribution < -0.4 is 15.1 Å². The maximum atomic E-state index is 12.2. The number of ether oxygens (including phenoxy) is 1. The molecule has 0 atom stereocenters. The summed E-state index contributed by atoms with van der Waals surface area (Å²) in [5, 5.41) is 4.23. The zero-order valence-corrected chi connectivity index (χ0v) is 20.7. The first-order valence-corrected chi connectivity index (χ1v) is 12.7. The average Bonchev–Trinajstić information content (AvgIpc) is 2.90. The minimum atomic E-state index is -0.0494. The van der Waals surface area contributed by atoms with Crippen LogP contribution in [0.25, 0.3) is 0 Å². The predicted octanol–water partition coefficient (Wildman–Crippen LogP) is 4.98. The van der Waals surface area contributed by atoms with E-state index < -0.39 is 0 Å². The molecule has 1 fully saturated rings. The van der Waals surface area contributed by atoms with Crippen molar-refractivity contribution in [2.75, 3.05) is 48.0 Å². The zero-order chi connectivity index (χ0) is 24.2. The SMILES string of the molecule is C=CC(=O)N1CCCc2cc(Sc3nc(Nc4ccc(N5CCOCC5)cc4)ncc3C)ccc21. The van der Waals surface area contributed by atoms with Crippen LogP contribution in [0.15, 0.2) is 71.2 Å². The minimum absolute atomic E-state index is 0.0494. The Hall–Kier alpha value is -3.36. The smallest absolute Gasteiger partial charge is 0.250 e. The van der Waals surface area contributed by atoms with Crippen molar-refractivity contribution in [2.24, 2.45) is 0 Å². The van der Waals surface area contributed by atoms with Crippen LogP contribution in [0.4, 0.5) is 23.0 Å². The van der Waals surface area contributed by atoms with Gasteiger partial charge in [0, 0.05) is 53.4 Å². The van der Waals surface area contributed by atoms with Gasteiger partial charge in [0.2, 0.25) is 11.9 Å². The van der Waals surface area contributed by atoms with Gasteiger partial charge < -0.3 is 19.9 Å². The number of fused-ring (bicyclic) bond motifs is 1. The second-order valence-corrected chi connectivity index (χ2v) is 9.71. The van der Waals surface area contributed by atoms with E-state index in [4.69, 9.17) is 9.72 Å². The van der Waals surface area contributed by atoms with Crippen molar-refractivity contribution in [2.45, 2.75) is 29.7 Å². The topological polar surface area (TPSA) is 70.6 Å². The van der Waals surface area contributed by atoms with Crippen molar-refractivity contribution >= 4 is 40.7 Å². The molecule has 5 rings (SSSR count). The molecule has 1 N–H and O–H groups in total. The van der Waals surface area contributed by atoms with Crippen molar-refractivity contribution in [3.8, 4) is 0 Å². The Labute approximate surface area is 210 Å². The van der Waals surface area contributed by atoms with Gasteiger partial charge in [0.05, 0.1) is 13.2 Å². The normalized spacial score (nSPS) is 15.5. The third-order valence-electron chi connectivity index (χ3n) is 6.25. The molecule has 2 aliphatic heterocycles. The first-order valence-electron chi connectivity index (χ1n) is 11.9. The number of aromatic nitrogens is 2. The molecule has 1 aromatic heterocycles. The Balaban J connectivity index is 1.30. The van der Waals surface area contributed by atoms with Gasteiger partial charge in [0.1, 0.15) is 5.03 Å². The average molecular weight is 488 g/mol. The van der Waals surface area contributed by atoms with Gasteiger partial charge in [-0.15, -0.1) is 0 Å². The number of nitrogens with zero attached hydrogens (tertiary/aromatic N) is 4. The summed E-state index contributed by atoms with van der Waals surface area (Å²) < 4.78 is 5.44. The van der Waals surface area contributed by atoms with Gasteiger partial charge in [-0.3, -0.25) is 4.79 Å². The molecule has 8 heteroatoms. The molecule has 0 bridgehead atoms. The van der Waals surface area contributed by atoms with E-state index in [1.165, 1.54) is 17.3 Å². The van der Waals surface area contributed by atoms with E-state index in [0.717, 1.165) is 72.5 Å². The Kier molecular flexibility index (Phi) is 7.01. The number of morpholine rings is 1. The number of hydrogen-bond acceptors (Lipinski definition) is 7.